The molecule has 0 atom stereocenters. The highest BCUT2D eigenvalue weighted by molar-refractivity contribution is 7.08. The largest absolute Gasteiger partial charge is 0.378 e. The minimum atomic E-state index is -0.274. The fourth-order valence-electron chi connectivity index (χ4n) is 4.57. The van der Waals surface area contributed by atoms with Crippen LogP contribution in [0.15, 0.2) is 71.4 Å². The third kappa shape index (κ3) is 3.43. The van der Waals surface area contributed by atoms with E-state index in [1.807, 2.05) is 0 Å². The molecule has 5 rings (SSSR count). The highest BCUT2D eigenvalue weighted by atomic mass is 32.1. The molecule has 0 aliphatic heterocycles. The summed E-state index contributed by atoms with van der Waals surface area (Å²) in [5, 5.41) is 12.3. The van der Waals surface area contributed by atoms with Crippen molar-refractivity contribution in [3.05, 3.63) is 93.8 Å². The van der Waals surface area contributed by atoms with E-state index in [4.69, 9.17) is 5.10 Å². The van der Waals surface area contributed by atoms with Crippen molar-refractivity contribution < 1.29 is 0 Å². The predicted octanol–water partition coefficient (Wildman–Crippen LogP) is 5.83. The second kappa shape index (κ2) is 7.99. The lowest BCUT2D eigenvalue weighted by atomic mass is 9.68. The van der Waals surface area contributed by atoms with E-state index in [0.717, 1.165) is 12.1 Å². The minimum absolute atomic E-state index is 0.274. The van der Waals surface area contributed by atoms with Crippen LogP contribution in [0.5, 0.6) is 0 Å². The zero-order valence-electron chi connectivity index (χ0n) is 19.0. The number of aromatic nitrogens is 2. The Hall–Kier alpha value is -3.31. The molecular formula is C27H28N4S. The van der Waals surface area contributed by atoms with Gasteiger partial charge < -0.3 is 9.80 Å². The van der Waals surface area contributed by atoms with Gasteiger partial charge in [-0.05, 0) is 46.8 Å². The lowest BCUT2D eigenvalue weighted by molar-refractivity contribution is 0.620. The zero-order chi connectivity index (χ0) is 22.3. The van der Waals surface area contributed by atoms with Gasteiger partial charge in [0.05, 0.1) is 0 Å². The van der Waals surface area contributed by atoms with Crippen LogP contribution in [-0.4, -0.2) is 38.4 Å². The summed E-state index contributed by atoms with van der Waals surface area (Å²) in [5.74, 6) is 0. The Balaban J connectivity index is 1.69. The lowest BCUT2D eigenvalue weighted by Crippen LogP contribution is -2.31. The second-order valence-electron chi connectivity index (χ2n) is 8.85. The molecule has 0 spiro atoms. The highest BCUT2D eigenvalue weighted by Crippen LogP contribution is 2.44. The highest BCUT2D eigenvalue weighted by Gasteiger charge is 2.37. The average Bonchev–Trinajstić information content (AvgIpc) is 3.48. The predicted molar refractivity (Wildman–Crippen MR) is 137 cm³/mol. The number of allylic oxidation sites excluding steroid dienone is 1. The lowest BCUT2D eigenvalue weighted by Gasteiger charge is -2.35. The maximum Gasteiger partial charge on any atom is 0.100 e. The number of hydrogen-bond donors (Lipinski definition) is 1. The summed E-state index contributed by atoms with van der Waals surface area (Å²) in [7, 11) is 8.37. The van der Waals surface area contributed by atoms with Crippen molar-refractivity contribution in [1.29, 1.82) is 0 Å². The average molecular weight is 441 g/mol. The normalized spacial score (nSPS) is 14.2. The number of rotatable bonds is 5. The van der Waals surface area contributed by atoms with Crippen LogP contribution in [0.25, 0.3) is 17.3 Å². The van der Waals surface area contributed by atoms with E-state index >= 15 is 0 Å². The number of H-pyrrole nitrogens is 1. The Morgan fingerprint density at radius 1 is 0.906 bits per heavy atom. The van der Waals surface area contributed by atoms with Gasteiger partial charge in [0.15, 0.2) is 0 Å². The molecule has 0 bridgehead atoms. The molecule has 0 saturated carbocycles. The van der Waals surface area contributed by atoms with Gasteiger partial charge in [0.2, 0.25) is 0 Å². The summed E-state index contributed by atoms with van der Waals surface area (Å²) in [6.07, 6.45) is 5.48. The number of nitrogens with zero attached hydrogens (tertiary/aromatic N) is 3. The number of hydrogen-bond acceptors (Lipinski definition) is 4. The molecule has 1 aliphatic carbocycles. The van der Waals surface area contributed by atoms with Crippen LogP contribution in [-0.2, 0) is 11.8 Å². The van der Waals surface area contributed by atoms with Crippen molar-refractivity contribution in [2.24, 2.45) is 0 Å². The maximum atomic E-state index is 4.70. The minimum Gasteiger partial charge on any atom is -0.378 e. The number of benzene rings is 2. The van der Waals surface area contributed by atoms with Gasteiger partial charge in [0.25, 0.3) is 0 Å². The smallest absolute Gasteiger partial charge is 0.100 e. The van der Waals surface area contributed by atoms with E-state index in [2.05, 4.69) is 121 Å². The van der Waals surface area contributed by atoms with Gasteiger partial charge in [0.1, 0.15) is 5.69 Å². The molecule has 2 aromatic carbocycles. The van der Waals surface area contributed by atoms with Crippen LogP contribution in [0, 0.1) is 0 Å². The number of fused-ring (bicyclic) bond motifs is 1. The molecule has 5 heteroatoms. The van der Waals surface area contributed by atoms with Gasteiger partial charge in [-0.1, -0.05) is 36.4 Å². The summed E-state index contributed by atoms with van der Waals surface area (Å²) in [6.45, 7) is 0. The fraction of sp³-hybridized carbons (Fsp3) is 0.222. The van der Waals surface area contributed by atoms with Crippen molar-refractivity contribution in [3.8, 4) is 11.3 Å². The molecule has 0 unspecified atom stereocenters. The summed E-state index contributed by atoms with van der Waals surface area (Å²) >= 11 is 1.70. The van der Waals surface area contributed by atoms with E-state index < -0.39 is 0 Å². The molecule has 2 heterocycles. The number of nitrogens with one attached hydrogen (secondary N) is 1. The summed E-state index contributed by atoms with van der Waals surface area (Å²) in [6, 6.07) is 19.9. The summed E-state index contributed by atoms with van der Waals surface area (Å²) in [4.78, 5) is 4.33. The molecular weight excluding hydrogens is 412 g/mol. The molecule has 2 aromatic heterocycles. The topological polar surface area (TPSA) is 35.2 Å². The van der Waals surface area contributed by atoms with Gasteiger partial charge in [-0.3, -0.25) is 5.10 Å². The molecule has 1 aliphatic rings. The fourth-order valence-corrected chi connectivity index (χ4v) is 5.21. The Kier molecular flexibility index (Phi) is 5.14. The molecule has 4 aromatic rings. The molecule has 0 fully saturated rings. The van der Waals surface area contributed by atoms with E-state index in [1.54, 1.807) is 11.3 Å². The van der Waals surface area contributed by atoms with Gasteiger partial charge in [-0.25, -0.2) is 0 Å². The van der Waals surface area contributed by atoms with E-state index in [-0.39, 0.29) is 5.41 Å². The van der Waals surface area contributed by atoms with Crippen molar-refractivity contribution in [1.82, 2.24) is 10.2 Å². The van der Waals surface area contributed by atoms with E-state index in [9.17, 15) is 0 Å². The zero-order valence-corrected chi connectivity index (χ0v) is 19.8. The first-order valence-corrected chi connectivity index (χ1v) is 11.8. The standard InChI is InChI=1S/C27H28N4S/c1-30(2)22-9-5-7-20(15-22)27(21-8-6-10-23(16-21)31(3)4)13-11-24-25(17-27)28-29-26(24)19-12-14-32-18-19/h5-16,18H,17H2,1-4H3,(H,28,29). The SMILES string of the molecule is CN(C)c1cccc(C2(c3cccc(N(C)C)c3)C=Cc3c(-c4ccsc4)n[nH]c3C2)c1. The first-order chi connectivity index (χ1) is 15.5. The molecule has 0 radical (unpaired) electrons. The van der Waals surface area contributed by atoms with Crippen molar-refractivity contribution in [2.75, 3.05) is 38.0 Å². The molecule has 0 amide bonds. The Labute approximate surface area is 193 Å². The second-order valence-corrected chi connectivity index (χ2v) is 9.63. The van der Waals surface area contributed by atoms with E-state index in [1.165, 1.54) is 39.3 Å². The van der Waals surface area contributed by atoms with Crippen molar-refractivity contribution in [3.63, 3.8) is 0 Å². The quantitative estimate of drug-likeness (QED) is 0.424. The van der Waals surface area contributed by atoms with Gasteiger partial charge in [-0.2, -0.15) is 16.4 Å². The Bertz CT molecular complexity index is 1210. The van der Waals surface area contributed by atoms with Crippen LogP contribution >= 0.6 is 11.3 Å². The van der Waals surface area contributed by atoms with Crippen LogP contribution < -0.4 is 9.80 Å². The number of aromatic amines is 1. The Morgan fingerprint density at radius 3 is 2.12 bits per heavy atom. The third-order valence-corrected chi connectivity index (χ3v) is 7.11. The summed E-state index contributed by atoms with van der Waals surface area (Å²) in [5.41, 5.74) is 9.29. The van der Waals surface area contributed by atoms with Crippen molar-refractivity contribution in [2.45, 2.75) is 11.8 Å². The van der Waals surface area contributed by atoms with Crippen LogP contribution in [0.2, 0.25) is 0 Å². The van der Waals surface area contributed by atoms with E-state index in [0.29, 0.717) is 0 Å². The number of anilines is 2. The molecule has 162 valence electrons. The Morgan fingerprint density at radius 2 is 1.56 bits per heavy atom. The molecule has 1 N–H and O–H groups in total. The molecule has 0 saturated heterocycles. The van der Waals surface area contributed by atoms with Crippen LogP contribution in [0.4, 0.5) is 11.4 Å². The summed E-state index contributed by atoms with van der Waals surface area (Å²) < 4.78 is 0. The molecule has 32 heavy (non-hydrogen) atoms. The van der Waals surface area contributed by atoms with Gasteiger partial charge >= 0.3 is 0 Å². The third-order valence-electron chi connectivity index (χ3n) is 6.42. The maximum absolute atomic E-state index is 4.70. The van der Waals surface area contributed by atoms with Gasteiger partial charge in [0, 0.05) is 73.6 Å². The first kappa shape index (κ1) is 20.6. The van der Waals surface area contributed by atoms with Crippen molar-refractivity contribution >= 4 is 28.8 Å². The number of thiophene rings is 1. The monoisotopic (exact) mass is 440 g/mol. The van der Waals surface area contributed by atoms with Crippen LogP contribution in [0.3, 0.4) is 0 Å². The van der Waals surface area contributed by atoms with Gasteiger partial charge in [-0.15, -0.1) is 0 Å². The van der Waals surface area contributed by atoms with Crippen LogP contribution in [0.1, 0.15) is 22.4 Å². The molecule has 4 nitrogen and oxygen atoms in total. The first-order valence-electron chi connectivity index (χ1n) is 10.8.